The van der Waals surface area contributed by atoms with E-state index in [9.17, 15) is 5.41 Å². The van der Waals surface area contributed by atoms with Crippen molar-refractivity contribution in [3.8, 4) is 27.9 Å². The van der Waals surface area contributed by atoms with Gasteiger partial charge in [-0.1, -0.05) is 188 Å². The van der Waals surface area contributed by atoms with Gasteiger partial charge in [0, 0.05) is 27.6 Å². The Morgan fingerprint density at radius 1 is 0.443 bits per heavy atom. The van der Waals surface area contributed by atoms with Gasteiger partial charge >= 0.3 is 0 Å². The minimum Gasteiger partial charge on any atom is -0.309 e. The molecule has 0 radical (unpaired) electrons. The van der Waals surface area contributed by atoms with Crippen molar-refractivity contribution in [2.24, 2.45) is 4.99 Å². The van der Waals surface area contributed by atoms with E-state index >= 15 is 0 Å². The average Bonchev–Trinajstić information content (AvgIpc) is 3.67. The lowest BCUT2D eigenvalue weighted by Gasteiger charge is -2.15. The van der Waals surface area contributed by atoms with E-state index in [-0.39, 0.29) is 5.84 Å². The van der Waals surface area contributed by atoms with E-state index in [0.29, 0.717) is 5.71 Å². The van der Waals surface area contributed by atoms with Gasteiger partial charge < -0.3 is 4.57 Å². The molecule has 1 N–H and O–H groups in total. The third-order valence-corrected chi connectivity index (χ3v) is 11.8. The lowest BCUT2D eigenvalue weighted by atomic mass is 9.89. The molecule has 0 aliphatic heterocycles. The molecular weight excluding hydrogens is 739 g/mol. The number of allylic oxidation sites excluding steroid dienone is 1. The van der Waals surface area contributed by atoms with E-state index in [1.807, 2.05) is 36.4 Å². The molecule has 1 aromatic heterocycles. The van der Waals surface area contributed by atoms with Gasteiger partial charge in [-0.2, -0.15) is 0 Å². The summed E-state index contributed by atoms with van der Waals surface area (Å²) in [6.45, 7) is 0. The number of aromatic nitrogens is 1. The molecule has 0 atom stereocenters. The van der Waals surface area contributed by atoms with Crippen LogP contribution in [0.2, 0.25) is 0 Å². The zero-order valence-electron chi connectivity index (χ0n) is 33.3. The van der Waals surface area contributed by atoms with Crippen LogP contribution in [0.3, 0.4) is 0 Å². The van der Waals surface area contributed by atoms with Crippen LogP contribution >= 0.6 is 0 Å². The summed E-state index contributed by atoms with van der Waals surface area (Å²) in [5.41, 5.74) is 11.4. The lowest BCUT2D eigenvalue weighted by Crippen LogP contribution is -2.06. The van der Waals surface area contributed by atoms with Crippen molar-refractivity contribution in [2.75, 3.05) is 0 Å². The fourth-order valence-electron chi connectivity index (χ4n) is 9.02. The second kappa shape index (κ2) is 15.2. The van der Waals surface area contributed by atoms with Gasteiger partial charge in [0.1, 0.15) is 0 Å². The van der Waals surface area contributed by atoms with Crippen molar-refractivity contribution in [1.82, 2.24) is 4.57 Å². The van der Waals surface area contributed by atoms with E-state index in [1.54, 1.807) is 0 Å². The molecule has 0 aliphatic rings. The summed E-state index contributed by atoms with van der Waals surface area (Å²) in [4.78, 5) is 5.08. The van der Waals surface area contributed by atoms with Crippen LogP contribution in [-0.2, 0) is 0 Å². The minimum atomic E-state index is 0.208. The highest BCUT2D eigenvalue weighted by atomic mass is 15.0. The molecule has 1 heterocycles. The zero-order chi connectivity index (χ0) is 40.7. The molecule has 0 bridgehead atoms. The van der Waals surface area contributed by atoms with Crippen LogP contribution in [0.25, 0.3) is 88.1 Å². The number of hydrogen-bond acceptors (Lipinski definition) is 1. The number of fused-ring (bicyclic) bond motifs is 7. The van der Waals surface area contributed by atoms with Crippen LogP contribution in [0.1, 0.15) is 16.7 Å². The minimum absolute atomic E-state index is 0.208. The number of nitrogens with zero attached hydrogens (tertiary/aromatic N) is 2. The monoisotopic (exact) mass is 777 g/mol. The van der Waals surface area contributed by atoms with Crippen LogP contribution in [0.4, 0.5) is 0 Å². The second-order valence-corrected chi connectivity index (χ2v) is 15.5. The first kappa shape index (κ1) is 36.0. The average molecular weight is 778 g/mol. The van der Waals surface area contributed by atoms with Gasteiger partial charge in [-0.15, -0.1) is 0 Å². The van der Waals surface area contributed by atoms with E-state index in [1.165, 1.54) is 48.8 Å². The van der Waals surface area contributed by atoms with Gasteiger partial charge in [-0.25, -0.2) is 4.99 Å². The Kier molecular flexibility index (Phi) is 8.98. The maximum atomic E-state index is 9.18. The molecule has 11 aromatic rings. The summed E-state index contributed by atoms with van der Waals surface area (Å²) in [5.74, 6) is 0.208. The summed E-state index contributed by atoms with van der Waals surface area (Å²) in [6, 6.07) is 77.1. The van der Waals surface area contributed by atoms with Gasteiger partial charge in [-0.05, 0) is 103 Å². The highest BCUT2D eigenvalue weighted by Crippen LogP contribution is 2.41. The standard InChI is InChI=1S/C58H39N3/c59-58(41-18-3-1-4-19-41)60-54(52-30-15-29-51-49-28-11-12-31-55(49)61(57(51)52)46-24-5-2-6-25-46)35-32-39-16-13-21-42(36-39)43-22-14-23-45(37-43)56-48-27-10-8-20-44(48)38-53-47-26-9-7-17-40(47)33-34-50(53)56/h1-38,59H/b35-32+,59-58?,60-54?. The van der Waals surface area contributed by atoms with E-state index in [2.05, 4.69) is 199 Å². The van der Waals surface area contributed by atoms with Gasteiger partial charge in [0.05, 0.1) is 16.7 Å². The summed E-state index contributed by atoms with van der Waals surface area (Å²) >= 11 is 0. The summed E-state index contributed by atoms with van der Waals surface area (Å²) in [6.07, 6.45) is 4.20. The first-order valence-corrected chi connectivity index (χ1v) is 20.7. The number of rotatable bonds is 7. The van der Waals surface area contributed by atoms with Crippen molar-refractivity contribution in [2.45, 2.75) is 0 Å². The summed E-state index contributed by atoms with van der Waals surface area (Å²) < 4.78 is 2.32. The Morgan fingerprint density at radius 3 is 1.92 bits per heavy atom. The van der Waals surface area contributed by atoms with E-state index < -0.39 is 0 Å². The normalized spacial score (nSPS) is 12.0. The van der Waals surface area contributed by atoms with Crippen LogP contribution < -0.4 is 0 Å². The number of aliphatic imine (C=N–C) groups is 1. The summed E-state index contributed by atoms with van der Waals surface area (Å²) in [7, 11) is 0. The zero-order valence-corrected chi connectivity index (χ0v) is 33.3. The molecule has 3 nitrogen and oxygen atoms in total. The first-order chi connectivity index (χ1) is 30.2. The van der Waals surface area contributed by atoms with Crippen molar-refractivity contribution in [3.63, 3.8) is 0 Å². The van der Waals surface area contributed by atoms with Crippen LogP contribution in [-0.4, -0.2) is 16.1 Å². The number of amidine groups is 1. The SMILES string of the molecule is N=C(N=C(/C=C/c1cccc(-c2cccc(-c3c4ccccc4cc4c3ccc3ccccc34)c2)c1)c1cccc2c3ccccc3n(-c3ccccc3)c12)c1ccccc1. The largest absolute Gasteiger partial charge is 0.309 e. The first-order valence-electron chi connectivity index (χ1n) is 20.7. The molecule has 0 amide bonds. The van der Waals surface area contributed by atoms with Crippen molar-refractivity contribution in [3.05, 3.63) is 241 Å². The predicted octanol–water partition coefficient (Wildman–Crippen LogP) is 15.1. The fourth-order valence-corrected chi connectivity index (χ4v) is 9.02. The number of hydrogen-bond donors (Lipinski definition) is 1. The Balaban J connectivity index is 1.03. The molecule has 10 aromatic carbocycles. The molecule has 0 unspecified atom stereocenters. The molecule has 3 heteroatoms. The maximum Gasteiger partial charge on any atom is 0.152 e. The van der Waals surface area contributed by atoms with Gasteiger partial charge in [-0.3, -0.25) is 5.41 Å². The number of para-hydroxylation sites is 3. The van der Waals surface area contributed by atoms with Crippen LogP contribution in [0.5, 0.6) is 0 Å². The molecule has 0 saturated heterocycles. The lowest BCUT2D eigenvalue weighted by molar-refractivity contribution is 1.18. The smallest absolute Gasteiger partial charge is 0.152 e. The Morgan fingerprint density at radius 2 is 1.08 bits per heavy atom. The molecule has 0 aliphatic carbocycles. The second-order valence-electron chi connectivity index (χ2n) is 15.5. The third-order valence-electron chi connectivity index (χ3n) is 11.8. The maximum absolute atomic E-state index is 9.18. The topological polar surface area (TPSA) is 41.1 Å². The quantitative estimate of drug-likeness (QED) is 0.0725. The molecule has 11 rings (SSSR count). The van der Waals surface area contributed by atoms with E-state index in [0.717, 1.165) is 49.9 Å². The van der Waals surface area contributed by atoms with Crippen LogP contribution in [0, 0.1) is 5.41 Å². The number of nitrogens with one attached hydrogen (secondary N) is 1. The third kappa shape index (κ3) is 6.50. The van der Waals surface area contributed by atoms with E-state index in [4.69, 9.17) is 4.99 Å². The molecule has 0 fully saturated rings. The Bertz CT molecular complexity index is 3540. The van der Waals surface area contributed by atoms with Gasteiger partial charge in [0.15, 0.2) is 5.84 Å². The Labute approximate surface area is 354 Å². The molecular formula is C58H39N3. The highest BCUT2D eigenvalue weighted by molar-refractivity contribution is 6.25. The molecule has 0 spiro atoms. The van der Waals surface area contributed by atoms with Crippen molar-refractivity contribution >= 4 is 71.7 Å². The summed E-state index contributed by atoms with van der Waals surface area (Å²) in [5, 5.41) is 19.0. The molecule has 61 heavy (non-hydrogen) atoms. The van der Waals surface area contributed by atoms with Crippen molar-refractivity contribution < 1.29 is 0 Å². The molecule has 286 valence electrons. The van der Waals surface area contributed by atoms with Gasteiger partial charge in [0.2, 0.25) is 0 Å². The highest BCUT2D eigenvalue weighted by Gasteiger charge is 2.18. The Hall–Kier alpha value is -8.14. The predicted molar refractivity (Wildman–Crippen MR) is 259 cm³/mol. The van der Waals surface area contributed by atoms with Gasteiger partial charge in [0.25, 0.3) is 0 Å². The van der Waals surface area contributed by atoms with Crippen LogP contribution in [0.15, 0.2) is 229 Å². The molecule has 0 saturated carbocycles. The fraction of sp³-hybridized carbons (Fsp3) is 0. The van der Waals surface area contributed by atoms with Crippen molar-refractivity contribution in [1.29, 1.82) is 5.41 Å². The number of benzene rings is 10.